The predicted molar refractivity (Wildman–Crippen MR) is 137 cm³/mol. The molecule has 9 nitrogen and oxygen atoms in total. The Hall–Kier alpha value is -4.66. The topological polar surface area (TPSA) is 93.7 Å². The Morgan fingerprint density at radius 3 is 2.14 bits per heavy atom. The van der Waals surface area contributed by atoms with Gasteiger partial charge in [-0.2, -0.15) is 5.10 Å². The van der Waals surface area contributed by atoms with E-state index >= 15 is 0 Å². The number of carbonyl (C=O) groups is 1. The fraction of sp³-hybridized carbons (Fsp3) is 0.185. The summed E-state index contributed by atoms with van der Waals surface area (Å²) in [5, 5.41) is 15.8. The highest BCUT2D eigenvalue weighted by molar-refractivity contribution is 5.94. The Balaban J connectivity index is 1.40. The maximum atomic E-state index is 13.7. The average Bonchev–Trinajstić information content (AvgIpc) is 3.39. The molecule has 2 heterocycles. The second-order valence-electron chi connectivity index (χ2n) is 8.44. The van der Waals surface area contributed by atoms with Crippen LogP contribution in [0.15, 0.2) is 84.9 Å². The standard InChI is InChI=1S/C27H25N5O4/c1-36-24-13-11-21(12-14-24)29-15-17-30(18-16-29)27(33)26-19-25(20-5-3-2-4-6-20)28-31(26)22-7-9-23(10-8-22)32(34)35/h2-14,19H,15-18H2,1H3. The molecule has 9 heteroatoms. The first-order valence-electron chi connectivity index (χ1n) is 11.6. The highest BCUT2D eigenvalue weighted by Crippen LogP contribution is 2.25. The van der Waals surface area contributed by atoms with Gasteiger partial charge in [-0.15, -0.1) is 0 Å². The van der Waals surface area contributed by atoms with Crippen molar-refractivity contribution in [2.45, 2.75) is 0 Å². The quantitative estimate of drug-likeness (QED) is 0.298. The highest BCUT2D eigenvalue weighted by Gasteiger charge is 2.26. The number of nitrogens with zero attached hydrogens (tertiary/aromatic N) is 5. The highest BCUT2D eigenvalue weighted by atomic mass is 16.6. The van der Waals surface area contributed by atoms with Gasteiger partial charge in [-0.1, -0.05) is 30.3 Å². The number of carbonyl (C=O) groups excluding carboxylic acids is 1. The molecule has 0 saturated carbocycles. The molecule has 4 aromatic rings. The van der Waals surface area contributed by atoms with E-state index in [1.807, 2.05) is 59.5 Å². The molecule has 0 atom stereocenters. The number of hydrogen-bond donors (Lipinski definition) is 0. The van der Waals surface area contributed by atoms with Gasteiger partial charge in [-0.25, -0.2) is 4.68 Å². The third kappa shape index (κ3) is 4.63. The Bertz CT molecular complexity index is 1360. The second kappa shape index (κ2) is 9.91. The summed E-state index contributed by atoms with van der Waals surface area (Å²) in [6, 6.07) is 25.4. The third-order valence-corrected chi connectivity index (χ3v) is 6.31. The summed E-state index contributed by atoms with van der Waals surface area (Å²) >= 11 is 0. The lowest BCUT2D eigenvalue weighted by Gasteiger charge is -2.36. The molecule has 0 N–H and O–H groups in total. The molecule has 0 unspecified atom stereocenters. The first-order chi connectivity index (χ1) is 17.5. The van der Waals surface area contributed by atoms with E-state index in [9.17, 15) is 14.9 Å². The Labute approximate surface area is 208 Å². The van der Waals surface area contributed by atoms with Crippen molar-refractivity contribution in [2.24, 2.45) is 0 Å². The van der Waals surface area contributed by atoms with Crippen LogP contribution in [0.3, 0.4) is 0 Å². The summed E-state index contributed by atoms with van der Waals surface area (Å²) < 4.78 is 6.81. The summed E-state index contributed by atoms with van der Waals surface area (Å²) in [5.41, 5.74) is 3.62. The number of benzene rings is 3. The van der Waals surface area contributed by atoms with E-state index in [4.69, 9.17) is 9.84 Å². The molecule has 1 aliphatic heterocycles. The van der Waals surface area contributed by atoms with Crippen LogP contribution < -0.4 is 9.64 Å². The number of amides is 1. The molecule has 0 spiro atoms. The van der Waals surface area contributed by atoms with Crippen LogP contribution in [-0.2, 0) is 0 Å². The lowest BCUT2D eigenvalue weighted by molar-refractivity contribution is -0.384. The number of nitro groups is 1. The van der Waals surface area contributed by atoms with Crippen LogP contribution in [-0.4, -0.2) is 58.8 Å². The van der Waals surface area contributed by atoms with Crippen LogP contribution in [0, 0.1) is 10.1 Å². The van der Waals surface area contributed by atoms with Crippen LogP contribution in [0.4, 0.5) is 11.4 Å². The van der Waals surface area contributed by atoms with Gasteiger partial charge in [0.2, 0.25) is 0 Å². The van der Waals surface area contributed by atoms with E-state index in [2.05, 4.69) is 4.90 Å². The van der Waals surface area contributed by atoms with Crippen LogP contribution in [0.2, 0.25) is 0 Å². The molecule has 3 aromatic carbocycles. The summed E-state index contributed by atoms with van der Waals surface area (Å²) in [7, 11) is 1.64. The maximum Gasteiger partial charge on any atom is 0.272 e. The fourth-order valence-corrected chi connectivity index (χ4v) is 4.32. The van der Waals surface area contributed by atoms with Crippen molar-refractivity contribution in [3.63, 3.8) is 0 Å². The number of nitro benzene ring substituents is 1. The molecule has 1 aliphatic rings. The molecule has 1 amide bonds. The van der Waals surface area contributed by atoms with Gasteiger partial charge >= 0.3 is 0 Å². The van der Waals surface area contributed by atoms with Gasteiger partial charge in [0, 0.05) is 49.6 Å². The number of aromatic nitrogens is 2. The number of anilines is 1. The van der Waals surface area contributed by atoms with E-state index in [0.29, 0.717) is 43.3 Å². The van der Waals surface area contributed by atoms with Crippen LogP contribution >= 0.6 is 0 Å². The number of hydrogen-bond acceptors (Lipinski definition) is 6. The molecule has 36 heavy (non-hydrogen) atoms. The van der Waals surface area contributed by atoms with E-state index in [1.54, 1.807) is 30.0 Å². The van der Waals surface area contributed by atoms with Gasteiger partial charge in [0.15, 0.2) is 0 Å². The zero-order valence-corrected chi connectivity index (χ0v) is 19.8. The SMILES string of the molecule is COc1ccc(N2CCN(C(=O)c3cc(-c4ccccc4)nn3-c3ccc([N+](=O)[O-])cc3)CC2)cc1. The van der Waals surface area contributed by atoms with Gasteiger partial charge in [0.1, 0.15) is 11.4 Å². The summed E-state index contributed by atoms with van der Waals surface area (Å²) in [5.74, 6) is 0.679. The molecule has 1 aromatic heterocycles. The smallest absolute Gasteiger partial charge is 0.272 e. The van der Waals surface area contributed by atoms with Gasteiger partial charge in [0.05, 0.1) is 23.4 Å². The lowest BCUT2D eigenvalue weighted by atomic mass is 10.1. The van der Waals surface area contributed by atoms with Crippen molar-refractivity contribution >= 4 is 17.3 Å². The molecular weight excluding hydrogens is 458 g/mol. The zero-order valence-electron chi connectivity index (χ0n) is 19.8. The minimum absolute atomic E-state index is 0.0169. The minimum Gasteiger partial charge on any atom is -0.497 e. The van der Waals surface area contributed by atoms with E-state index < -0.39 is 4.92 Å². The van der Waals surface area contributed by atoms with Gasteiger partial charge in [-0.3, -0.25) is 14.9 Å². The molecule has 182 valence electrons. The van der Waals surface area contributed by atoms with Crippen molar-refractivity contribution in [1.29, 1.82) is 0 Å². The number of methoxy groups -OCH3 is 1. The van der Waals surface area contributed by atoms with E-state index in [1.165, 1.54) is 12.1 Å². The predicted octanol–water partition coefficient (Wildman–Crippen LogP) is 4.42. The second-order valence-corrected chi connectivity index (χ2v) is 8.44. The first kappa shape index (κ1) is 23.1. The Morgan fingerprint density at radius 1 is 0.889 bits per heavy atom. The summed E-state index contributed by atoms with van der Waals surface area (Å²) in [4.78, 5) is 28.4. The average molecular weight is 484 g/mol. The van der Waals surface area contributed by atoms with Gasteiger partial charge in [0.25, 0.3) is 11.6 Å². The normalized spacial score (nSPS) is 13.5. The van der Waals surface area contributed by atoms with Crippen LogP contribution in [0.5, 0.6) is 5.75 Å². The van der Waals surface area contributed by atoms with Gasteiger partial charge in [-0.05, 0) is 42.5 Å². The summed E-state index contributed by atoms with van der Waals surface area (Å²) in [6.45, 7) is 2.54. The zero-order chi connectivity index (χ0) is 25.1. The van der Waals surface area contributed by atoms with E-state index in [-0.39, 0.29) is 11.6 Å². The van der Waals surface area contributed by atoms with E-state index in [0.717, 1.165) is 17.0 Å². The van der Waals surface area contributed by atoms with Gasteiger partial charge < -0.3 is 14.5 Å². The molecule has 1 fully saturated rings. The lowest BCUT2D eigenvalue weighted by Crippen LogP contribution is -2.49. The van der Waals surface area contributed by atoms with Crippen LogP contribution in [0.1, 0.15) is 10.5 Å². The number of non-ortho nitro benzene ring substituents is 1. The fourth-order valence-electron chi connectivity index (χ4n) is 4.32. The Morgan fingerprint density at radius 2 is 1.53 bits per heavy atom. The van der Waals surface area contributed by atoms with Crippen molar-refractivity contribution in [2.75, 3.05) is 38.2 Å². The molecule has 1 saturated heterocycles. The van der Waals surface area contributed by atoms with Crippen molar-refractivity contribution in [3.05, 3.63) is 101 Å². The third-order valence-electron chi connectivity index (χ3n) is 6.31. The molecule has 5 rings (SSSR count). The minimum atomic E-state index is -0.448. The molecule has 0 aliphatic carbocycles. The number of ether oxygens (including phenoxy) is 1. The Kier molecular flexibility index (Phi) is 6.36. The van der Waals surface area contributed by atoms with Crippen molar-refractivity contribution in [1.82, 2.24) is 14.7 Å². The number of rotatable bonds is 6. The monoisotopic (exact) mass is 483 g/mol. The van der Waals surface area contributed by atoms with Crippen LogP contribution in [0.25, 0.3) is 16.9 Å². The van der Waals surface area contributed by atoms with Crippen molar-refractivity contribution < 1.29 is 14.5 Å². The summed E-state index contributed by atoms with van der Waals surface area (Å²) in [6.07, 6.45) is 0. The largest absolute Gasteiger partial charge is 0.497 e. The molecular formula is C27H25N5O4. The number of piperazine rings is 1. The molecule has 0 bridgehead atoms. The van der Waals surface area contributed by atoms with Crippen molar-refractivity contribution in [3.8, 4) is 22.7 Å². The molecule has 0 radical (unpaired) electrons. The maximum absolute atomic E-state index is 13.7. The first-order valence-corrected chi connectivity index (χ1v) is 11.6.